The first-order chi connectivity index (χ1) is 15.0. The highest BCUT2D eigenvalue weighted by molar-refractivity contribution is 6.33. The van der Waals surface area contributed by atoms with Crippen LogP contribution in [-0.2, 0) is 13.1 Å². The molecule has 2 heterocycles. The number of rotatable bonds is 8. The van der Waals surface area contributed by atoms with Crippen molar-refractivity contribution in [3.63, 3.8) is 0 Å². The van der Waals surface area contributed by atoms with Crippen LogP contribution >= 0.6 is 11.6 Å². The SMILES string of the molecule is CC(N)CNc1nc(NCc2cccc(Cl)c2N)c2ncn(Cc3ccccc3)c2n1. The van der Waals surface area contributed by atoms with E-state index in [1.165, 1.54) is 0 Å². The lowest BCUT2D eigenvalue weighted by molar-refractivity contribution is 0.772. The van der Waals surface area contributed by atoms with Gasteiger partial charge in [0.15, 0.2) is 17.0 Å². The minimum Gasteiger partial charge on any atom is -0.397 e. The summed E-state index contributed by atoms with van der Waals surface area (Å²) in [6.45, 7) is 3.59. The molecule has 0 radical (unpaired) electrons. The van der Waals surface area contributed by atoms with Crippen molar-refractivity contribution in [2.45, 2.75) is 26.1 Å². The Balaban J connectivity index is 1.67. The van der Waals surface area contributed by atoms with Gasteiger partial charge in [0.2, 0.25) is 5.95 Å². The van der Waals surface area contributed by atoms with Crippen LogP contribution in [0.1, 0.15) is 18.1 Å². The van der Waals surface area contributed by atoms with E-state index < -0.39 is 0 Å². The summed E-state index contributed by atoms with van der Waals surface area (Å²) in [5, 5.41) is 7.07. The summed E-state index contributed by atoms with van der Waals surface area (Å²) in [4.78, 5) is 13.9. The van der Waals surface area contributed by atoms with Crippen molar-refractivity contribution in [3.8, 4) is 0 Å². The molecule has 1 unspecified atom stereocenters. The van der Waals surface area contributed by atoms with Crippen LogP contribution in [-0.4, -0.2) is 32.1 Å². The van der Waals surface area contributed by atoms with E-state index in [2.05, 4.69) is 37.7 Å². The van der Waals surface area contributed by atoms with Gasteiger partial charge in [0, 0.05) is 19.1 Å². The van der Waals surface area contributed by atoms with Crippen molar-refractivity contribution < 1.29 is 0 Å². The number of hydrogen-bond acceptors (Lipinski definition) is 7. The van der Waals surface area contributed by atoms with E-state index in [0.29, 0.717) is 47.6 Å². The van der Waals surface area contributed by atoms with Crippen molar-refractivity contribution in [1.29, 1.82) is 0 Å². The van der Waals surface area contributed by atoms with E-state index in [1.54, 1.807) is 12.4 Å². The molecule has 0 aliphatic heterocycles. The Bertz CT molecular complexity index is 1170. The fourth-order valence-corrected chi connectivity index (χ4v) is 3.40. The number of nitrogen functional groups attached to an aromatic ring is 1. The normalized spacial score (nSPS) is 12.1. The van der Waals surface area contributed by atoms with E-state index in [4.69, 9.17) is 23.1 Å². The Kier molecular flexibility index (Phi) is 6.20. The van der Waals surface area contributed by atoms with E-state index >= 15 is 0 Å². The zero-order valence-corrected chi connectivity index (χ0v) is 18.0. The molecular formula is C22H25ClN8. The molecule has 2 aromatic carbocycles. The summed E-state index contributed by atoms with van der Waals surface area (Å²) < 4.78 is 2.00. The van der Waals surface area contributed by atoms with Gasteiger partial charge < -0.3 is 26.7 Å². The molecule has 1 atom stereocenters. The van der Waals surface area contributed by atoms with Gasteiger partial charge in [-0.05, 0) is 24.1 Å². The summed E-state index contributed by atoms with van der Waals surface area (Å²) in [5.41, 5.74) is 16.0. The third-order valence-electron chi connectivity index (χ3n) is 4.83. The molecule has 2 aromatic heterocycles. The number of benzene rings is 2. The first-order valence-corrected chi connectivity index (χ1v) is 10.4. The summed E-state index contributed by atoms with van der Waals surface area (Å²) >= 11 is 6.15. The van der Waals surface area contributed by atoms with Crippen LogP contribution in [0.15, 0.2) is 54.9 Å². The zero-order valence-electron chi connectivity index (χ0n) is 17.2. The van der Waals surface area contributed by atoms with Gasteiger partial charge in [0.1, 0.15) is 0 Å². The zero-order chi connectivity index (χ0) is 21.8. The minimum atomic E-state index is -0.0313. The second-order valence-electron chi connectivity index (χ2n) is 7.45. The highest BCUT2D eigenvalue weighted by Gasteiger charge is 2.15. The largest absolute Gasteiger partial charge is 0.397 e. The van der Waals surface area contributed by atoms with Crippen LogP contribution in [0.25, 0.3) is 11.2 Å². The lowest BCUT2D eigenvalue weighted by Crippen LogP contribution is -2.26. The number of anilines is 3. The molecule has 0 bridgehead atoms. The van der Waals surface area contributed by atoms with Crippen LogP contribution in [0, 0.1) is 0 Å². The molecule has 4 aromatic rings. The van der Waals surface area contributed by atoms with Gasteiger partial charge in [-0.3, -0.25) is 0 Å². The molecule has 31 heavy (non-hydrogen) atoms. The smallest absolute Gasteiger partial charge is 0.226 e. The molecule has 4 rings (SSSR count). The van der Waals surface area contributed by atoms with Crippen molar-refractivity contribution in [3.05, 3.63) is 71.0 Å². The van der Waals surface area contributed by atoms with Crippen molar-refractivity contribution >= 4 is 40.2 Å². The molecule has 0 spiro atoms. The number of nitrogens with one attached hydrogen (secondary N) is 2. The van der Waals surface area contributed by atoms with Gasteiger partial charge in [-0.15, -0.1) is 0 Å². The second kappa shape index (κ2) is 9.20. The topological polar surface area (TPSA) is 120 Å². The molecule has 8 nitrogen and oxygen atoms in total. The Hall–Kier alpha value is -3.36. The Morgan fingerprint density at radius 1 is 1.06 bits per heavy atom. The maximum absolute atomic E-state index is 6.15. The van der Waals surface area contributed by atoms with Gasteiger partial charge in [-0.2, -0.15) is 9.97 Å². The fourth-order valence-electron chi connectivity index (χ4n) is 3.21. The Labute approximate surface area is 185 Å². The average molecular weight is 437 g/mol. The molecule has 0 saturated heterocycles. The molecule has 0 aliphatic rings. The molecule has 0 saturated carbocycles. The fraction of sp³-hybridized carbons (Fsp3) is 0.227. The summed E-state index contributed by atoms with van der Waals surface area (Å²) in [6, 6.07) is 15.7. The Morgan fingerprint density at radius 3 is 2.65 bits per heavy atom. The quantitative estimate of drug-likeness (QED) is 0.312. The summed E-state index contributed by atoms with van der Waals surface area (Å²) in [6.07, 6.45) is 1.78. The van der Waals surface area contributed by atoms with Crippen molar-refractivity contribution in [2.24, 2.45) is 5.73 Å². The second-order valence-corrected chi connectivity index (χ2v) is 7.86. The lowest BCUT2D eigenvalue weighted by atomic mass is 10.2. The molecule has 0 amide bonds. The standard InChI is InChI=1S/C22H25ClN8/c1-14(24)10-27-22-29-20(26-11-16-8-5-9-17(23)18(16)25)19-21(30-22)31(13-28-19)12-15-6-3-2-4-7-15/h2-9,13-14H,10-12,24-25H2,1H3,(H2,26,27,29,30). The van der Waals surface area contributed by atoms with Gasteiger partial charge in [-0.25, -0.2) is 4.98 Å². The number of aromatic nitrogens is 4. The van der Waals surface area contributed by atoms with Gasteiger partial charge in [-0.1, -0.05) is 54.1 Å². The van der Waals surface area contributed by atoms with Crippen LogP contribution in [0.2, 0.25) is 5.02 Å². The number of fused-ring (bicyclic) bond motifs is 1. The van der Waals surface area contributed by atoms with E-state index in [9.17, 15) is 0 Å². The Morgan fingerprint density at radius 2 is 1.87 bits per heavy atom. The molecule has 0 fully saturated rings. The highest BCUT2D eigenvalue weighted by atomic mass is 35.5. The van der Waals surface area contributed by atoms with Gasteiger partial charge in [0.05, 0.1) is 23.6 Å². The van der Waals surface area contributed by atoms with Crippen LogP contribution in [0.5, 0.6) is 0 Å². The third kappa shape index (κ3) is 4.87. The van der Waals surface area contributed by atoms with Crippen molar-refractivity contribution in [1.82, 2.24) is 19.5 Å². The monoisotopic (exact) mass is 436 g/mol. The molecular weight excluding hydrogens is 412 g/mol. The van der Waals surface area contributed by atoms with Gasteiger partial charge >= 0.3 is 0 Å². The maximum atomic E-state index is 6.15. The summed E-state index contributed by atoms with van der Waals surface area (Å²) in [5.74, 6) is 1.10. The van der Waals surface area contributed by atoms with Crippen molar-refractivity contribution in [2.75, 3.05) is 22.9 Å². The van der Waals surface area contributed by atoms with E-state index in [-0.39, 0.29) is 6.04 Å². The number of nitrogens with two attached hydrogens (primary N) is 2. The van der Waals surface area contributed by atoms with E-state index in [1.807, 2.05) is 41.8 Å². The maximum Gasteiger partial charge on any atom is 0.226 e. The van der Waals surface area contributed by atoms with E-state index in [0.717, 1.165) is 16.8 Å². The molecule has 160 valence electrons. The number of imidazole rings is 1. The number of hydrogen-bond donors (Lipinski definition) is 4. The third-order valence-corrected chi connectivity index (χ3v) is 5.16. The first kappa shape index (κ1) is 20.9. The lowest BCUT2D eigenvalue weighted by Gasteiger charge is -2.13. The molecule has 6 N–H and O–H groups in total. The van der Waals surface area contributed by atoms with Crippen LogP contribution < -0.4 is 22.1 Å². The van der Waals surface area contributed by atoms with Crippen LogP contribution in [0.3, 0.4) is 0 Å². The number of nitrogens with zero attached hydrogens (tertiary/aromatic N) is 4. The number of halogens is 1. The summed E-state index contributed by atoms with van der Waals surface area (Å²) in [7, 11) is 0. The van der Waals surface area contributed by atoms with Crippen LogP contribution in [0.4, 0.5) is 17.5 Å². The minimum absolute atomic E-state index is 0.0313. The van der Waals surface area contributed by atoms with Gasteiger partial charge in [0.25, 0.3) is 0 Å². The number of para-hydroxylation sites is 1. The molecule has 0 aliphatic carbocycles. The predicted octanol–water partition coefficient (Wildman–Crippen LogP) is 3.48. The predicted molar refractivity (Wildman–Crippen MR) is 126 cm³/mol. The highest BCUT2D eigenvalue weighted by Crippen LogP contribution is 2.25. The molecule has 9 heteroatoms. The average Bonchev–Trinajstić information content (AvgIpc) is 3.16. The first-order valence-electron chi connectivity index (χ1n) is 10.0.